The number of fused-ring (bicyclic) bond motifs is 1. The van der Waals surface area contributed by atoms with E-state index < -0.39 is 0 Å². The summed E-state index contributed by atoms with van der Waals surface area (Å²) in [6.45, 7) is 3.67. The summed E-state index contributed by atoms with van der Waals surface area (Å²) in [6, 6.07) is 14.5. The average molecular weight is 297 g/mol. The van der Waals surface area contributed by atoms with Crippen LogP contribution in [0.5, 0.6) is 0 Å². The Hall–Kier alpha value is -2.03. The molecular formula is C19H23NO2. The molecule has 1 heterocycles. The van der Waals surface area contributed by atoms with E-state index in [-0.39, 0.29) is 12.2 Å². The largest absolute Gasteiger partial charge is 0.439 e. The van der Waals surface area contributed by atoms with Gasteiger partial charge in [0.15, 0.2) is 0 Å². The van der Waals surface area contributed by atoms with Gasteiger partial charge in [0.1, 0.15) is 6.10 Å². The van der Waals surface area contributed by atoms with Crippen LogP contribution in [0.3, 0.4) is 0 Å². The monoisotopic (exact) mass is 297 g/mol. The summed E-state index contributed by atoms with van der Waals surface area (Å²) in [4.78, 5) is 13.9. The van der Waals surface area contributed by atoms with Crippen LogP contribution in [0.15, 0.2) is 42.5 Å². The van der Waals surface area contributed by atoms with E-state index in [4.69, 9.17) is 4.74 Å². The molecule has 1 unspecified atom stereocenters. The van der Waals surface area contributed by atoms with Gasteiger partial charge in [-0.05, 0) is 17.2 Å². The topological polar surface area (TPSA) is 29.5 Å². The van der Waals surface area contributed by atoms with Crippen LogP contribution in [0.25, 0.3) is 10.8 Å². The molecule has 3 rings (SSSR count). The summed E-state index contributed by atoms with van der Waals surface area (Å²) in [5.74, 6) is 0. The van der Waals surface area contributed by atoms with Gasteiger partial charge >= 0.3 is 6.09 Å². The SMILES string of the molecule is CCCCCCN1CC(c2cccc3ccccc23)OC1=O. The molecular weight excluding hydrogens is 274 g/mol. The first-order valence-electron chi connectivity index (χ1n) is 8.23. The maximum absolute atomic E-state index is 12.1. The zero-order valence-electron chi connectivity index (χ0n) is 13.1. The molecule has 2 aromatic carbocycles. The second-order valence-electron chi connectivity index (χ2n) is 5.95. The summed E-state index contributed by atoms with van der Waals surface area (Å²) in [5, 5.41) is 2.37. The molecule has 1 aliphatic rings. The Morgan fingerprint density at radius 1 is 1.09 bits per heavy atom. The van der Waals surface area contributed by atoms with E-state index in [1.165, 1.54) is 30.0 Å². The van der Waals surface area contributed by atoms with Crippen molar-refractivity contribution in [3.8, 4) is 0 Å². The van der Waals surface area contributed by atoms with Crippen molar-refractivity contribution in [3.63, 3.8) is 0 Å². The molecule has 3 nitrogen and oxygen atoms in total. The molecule has 116 valence electrons. The van der Waals surface area contributed by atoms with Crippen LogP contribution in [-0.4, -0.2) is 24.1 Å². The van der Waals surface area contributed by atoms with Crippen molar-refractivity contribution in [2.24, 2.45) is 0 Å². The number of benzene rings is 2. The standard InChI is InChI=1S/C19H23NO2/c1-2-3-4-7-13-20-14-18(22-19(20)21)17-12-8-10-15-9-5-6-11-16(15)17/h5-6,8-12,18H,2-4,7,13-14H2,1H3. The zero-order valence-corrected chi connectivity index (χ0v) is 13.1. The second-order valence-corrected chi connectivity index (χ2v) is 5.95. The Kier molecular flexibility index (Phi) is 4.62. The maximum atomic E-state index is 12.1. The number of carbonyl (C=O) groups is 1. The van der Waals surface area contributed by atoms with Crippen molar-refractivity contribution in [1.29, 1.82) is 0 Å². The molecule has 22 heavy (non-hydrogen) atoms. The fourth-order valence-electron chi connectivity index (χ4n) is 3.11. The third-order valence-electron chi connectivity index (χ3n) is 4.34. The Balaban J connectivity index is 1.72. The lowest BCUT2D eigenvalue weighted by atomic mass is 10.0. The van der Waals surface area contributed by atoms with Gasteiger partial charge in [0, 0.05) is 12.1 Å². The third kappa shape index (κ3) is 3.08. The summed E-state index contributed by atoms with van der Waals surface area (Å²) < 4.78 is 5.61. The summed E-state index contributed by atoms with van der Waals surface area (Å²) in [5.41, 5.74) is 1.11. The first-order chi connectivity index (χ1) is 10.8. The lowest BCUT2D eigenvalue weighted by Gasteiger charge is -2.13. The fraction of sp³-hybridized carbons (Fsp3) is 0.421. The highest BCUT2D eigenvalue weighted by molar-refractivity contribution is 5.86. The van der Waals surface area contributed by atoms with Gasteiger partial charge in [-0.2, -0.15) is 0 Å². The molecule has 1 fully saturated rings. The smallest absolute Gasteiger partial charge is 0.410 e. The van der Waals surface area contributed by atoms with E-state index >= 15 is 0 Å². The molecule has 1 aliphatic heterocycles. The highest BCUT2D eigenvalue weighted by atomic mass is 16.6. The van der Waals surface area contributed by atoms with Crippen molar-refractivity contribution < 1.29 is 9.53 Å². The van der Waals surface area contributed by atoms with E-state index in [2.05, 4.69) is 31.2 Å². The van der Waals surface area contributed by atoms with Crippen LogP contribution in [0, 0.1) is 0 Å². The number of hydrogen-bond donors (Lipinski definition) is 0. The minimum absolute atomic E-state index is 0.148. The van der Waals surface area contributed by atoms with Crippen molar-refractivity contribution in [3.05, 3.63) is 48.0 Å². The summed E-state index contributed by atoms with van der Waals surface area (Å²) in [6.07, 6.45) is 4.36. The molecule has 0 aliphatic carbocycles. The Bertz CT molecular complexity index is 647. The molecule has 3 heteroatoms. The van der Waals surface area contributed by atoms with E-state index in [0.29, 0.717) is 6.54 Å². The first kappa shape index (κ1) is 14.9. The van der Waals surface area contributed by atoms with Gasteiger partial charge in [-0.1, -0.05) is 68.7 Å². The molecule has 1 amide bonds. The maximum Gasteiger partial charge on any atom is 0.410 e. The molecule has 1 saturated heterocycles. The van der Waals surface area contributed by atoms with Gasteiger partial charge in [0.25, 0.3) is 0 Å². The van der Waals surface area contributed by atoms with Crippen LogP contribution >= 0.6 is 0 Å². The number of rotatable bonds is 6. The average Bonchev–Trinajstić information content (AvgIpc) is 2.92. The molecule has 0 saturated carbocycles. The highest BCUT2D eigenvalue weighted by Gasteiger charge is 2.32. The van der Waals surface area contributed by atoms with Crippen molar-refractivity contribution >= 4 is 16.9 Å². The Labute approximate surface area is 131 Å². The zero-order chi connectivity index (χ0) is 15.4. The van der Waals surface area contributed by atoms with E-state index in [9.17, 15) is 4.79 Å². The van der Waals surface area contributed by atoms with E-state index in [0.717, 1.165) is 18.5 Å². The van der Waals surface area contributed by atoms with Crippen molar-refractivity contribution in [2.75, 3.05) is 13.1 Å². The third-order valence-corrected chi connectivity index (χ3v) is 4.34. The quantitative estimate of drug-likeness (QED) is 0.709. The summed E-state index contributed by atoms with van der Waals surface area (Å²) in [7, 11) is 0. The number of unbranched alkanes of at least 4 members (excludes halogenated alkanes) is 3. The molecule has 1 atom stereocenters. The van der Waals surface area contributed by atoms with Crippen LogP contribution in [0.1, 0.15) is 44.3 Å². The number of carbonyl (C=O) groups excluding carboxylic acids is 1. The number of ether oxygens (including phenoxy) is 1. The lowest BCUT2D eigenvalue weighted by Crippen LogP contribution is -2.25. The molecule has 2 aromatic rings. The first-order valence-corrected chi connectivity index (χ1v) is 8.23. The van der Waals surface area contributed by atoms with Gasteiger partial charge in [-0.25, -0.2) is 4.79 Å². The van der Waals surface area contributed by atoms with Gasteiger partial charge in [0.05, 0.1) is 6.54 Å². The predicted molar refractivity (Wildman–Crippen MR) is 88.9 cm³/mol. The van der Waals surface area contributed by atoms with Crippen LogP contribution in [0.2, 0.25) is 0 Å². The van der Waals surface area contributed by atoms with Crippen LogP contribution < -0.4 is 0 Å². The molecule has 0 N–H and O–H groups in total. The molecule has 0 spiro atoms. The van der Waals surface area contributed by atoms with Crippen LogP contribution in [0.4, 0.5) is 4.79 Å². The van der Waals surface area contributed by atoms with Gasteiger partial charge in [-0.15, -0.1) is 0 Å². The van der Waals surface area contributed by atoms with Gasteiger partial charge < -0.3 is 9.64 Å². The fourth-order valence-corrected chi connectivity index (χ4v) is 3.11. The highest BCUT2D eigenvalue weighted by Crippen LogP contribution is 2.31. The summed E-state index contributed by atoms with van der Waals surface area (Å²) >= 11 is 0. The number of nitrogens with zero attached hydrogens (tertiary/aromatic N) is 1. The normalized spacial score (nSPS) is 18.0. The predicted octanol–water partition coefficient (Wildman–Crippen LogP) is 4.91. The number of cyclic esters (lactones) is 1. The second kappa shape index (κ2) is 6.82. The van der Waals surface area contributed by atoms with E-state index in [1.807, 2.05) is 23.1 Å². The van der Waals surface area contributed by atoms with Gasteiger partial charge in [-0.3, -0.25) is 0 Å². The minimum Gasteiger partial charge on any atom is -0.439 e. The van der Waals surface area contributed by atoms with Gasteiger partial charge in [0.2, 0.25) is 0 Å². The van der Waals surface area contributed by atoms with Crippen LogP contribution in [-0.2, 0) is 4.74 Å². The molecule has 0 radical (unpaired) electrons. The molecule has 0 bridgehead atoms. The molecule has 0 aromatic heterocycles. The Morgan fingerprint density at radius 3 is 2.77 bits per heavy atom. The van der Waals surface area contributed by atoms with E-state index in [1.54, 1.807) is 0 Å². The number of hydrogen-bond acceptors (Lipinski definition) is 2. The van der Waals surface area contributed by atoms with Crippen molar-refractivity contribution in [1.82, 2.24) is 4.90 Å². The minimum atomic E-state index is -0.172. The number of amides is 1. The van der Waals surface area contributed by atoms with Crippen molar-refractivity contribution in [2.45, 2.75) is 38.7 Å². The lowest BCUT2D eigenvalue weighted by molar-refractivity contribution is 0.133. The Morgan fingerprint density at radius 2 is 1.91 bits per heavy atom.